The van der Waals surface area contributed by atoms with Gasteiger partial charge in [-0.1, -0.05) is 23.7 Å². The van der Waals surface area contributed by atoms with Crippen LogP contribution >= 0.6 is 22.9 Å². The lowest BCUT2D eigenvalue weighted by Gasteiger charge is -2.11. The van der Waals surface area contributed by atoms with Gasteiger partial charge in [-0.25, -0.2) is 0 Å². The summed E-state index contributed by atoms with van der Waals surface area (Å²) in [5, 5.41) is 11.1. The molecule has 1 aliphatic heterocycles. The fourth-order valence-corrected chi connectivity index (χ4v) is 3.55. The highest BCUT2D eigenvalue weighted by atomic mass is 35.5. The average Bonchev–Trinajstić information content (AvgIpc) is 3.07. The zero-order chi connectivity index (χ0) is 14.1. The first kappa shape index (κ1) is 14.0. The van der Waals surface area contributed by atoms with Crippen LogP contribution in [0.3, 0.4) is 0 Å². The van der Waals surface area contributed by atoms with E-state index in [0.29, 0.717) is 18.2 Å². The Kier molecular flexibility index (Phi) is 4.10. The van der Waals surface area contributed by atoms with Crippen LogP contribution < -0.4 is 0 Å². The Balaban J connectivity index is 1.89. The normalized spacial score (nSPS) is 17.6. The molecule has 2 aromatic rings. The summed E-state index contributed by atoms with van der Waals surface area (Å²) >= 11 is 7.57. The Labute approximate surface area is 126 Å². The molecule has 1 fully saturated rings. The van der Waals surface area contributed by atoms with Crippen molar-refractivity contribution in [2.24, 2.45) is 0 Å². The lowest BCUT2D eigenvalue weighted by molar-refractivity contribution is -0.0414. The lowest BCUT2D eigenvalue weighted by Crippen LogP contribution is -2.00. The lowest BCUT2D eigenvalue weighted by atomic mass is 10.0. The molecule has 1 atom stereocenters. The molecule has 106 valence electrons. The van der Waals surface area contributed by atoms with Gasteiger partial charge < -0.3 is 14.6 Å². The summed E-state index contributed by atoms with van der Waals surface area (Å²) in [5.41, 5.74) is 1.67. The van der Waals surface area contributed by atoms with Gasteiger partial charge in [0.1, 0.15) is 6.10 Å². The number of thiophene rings is 1. The molecule has 20 heavy (non-hydrogen) atoms. The van der Waals surface area contributed by atoms with Crippen molar-refractivity contribution in [1.29, 1.82) is 0 Å². The number of ether oxygens (including phenoxy) is 2. The predicted octanol–water partition coefficient (Wildman–Crippen LogP) is 3.84. The number of aliphatic hydroxyl groups is 1. The quantitative estimate of drug-likeness (QED) is 0.936. The van der Waals surface area contributed by atoms with E-state index in [9.17, 15) is 5.11 Å². The number of aryl methyl sites for hydroxylation is 1. The van der Waals surface area contributed by atoms with Gasteiger partial charge in [-0.05, 0) is 36.2 Å². The molecule has 3 nitrogen and oxygen atoms in total. The van der Waals surface area contributed by atoms with Crippen molar-refractivity contribution in [3.63, 3.8) is 0 Å². The molecule has 1 aromatic carbocycles. The Morgan fingerprint density at radius 3 is 2.75 bits per heavy atom. The van der Waals surface area contributed by atoms with Crippen LogP contribution in [0, 0.1) is 6.92 Å². The van der Waals surface area contributed by atoms with Crippen LogP contribution in [-0.2, 0) is 9.47 Å². The van der Waals surface area contributed by atoms with E-state index in [1.165, 1.54) is 0 Å². The van der Waals surface area contributed by atoms with E-state index in [-0.39, 0.29) is 6.29 Å². The van der Waals surface area contributed by atoms with Crippen molar-refractivity contribution >= 4 is 22.9 Å². The van der Waals surface area contributed by atoms with Gasteiger partial charge in [-0.15, -0.1) is 11.3 Å². The molecular formula is C15H15ClO3S. The van der Waals surface area contributed by atoms with Gasteiger partial charge >= 0.3 is 0 Å². The van der Waals surface area contributed by atoms with E-state index in [2.05, 4.69) is 0 Å². The minimum atomic E-state index is -0.680. The maximum atomic E-state index is 10.5. The number of benzene rings is 1. The molecule has 0 saturated carbocycles. The summed E-state index contributed by atoms with van der Waals surface area (Å²) in [6.45, 7) is 3.23. The first-order valence-electron chi connectivity index (χ1n) is 6.42. The molecule has 0 amide bonds. The Morgan fingerprint density at radius 1 is 1.30 bits per heavy atom. The van der Waals surface area contributed by atoms with Gasteiger partial charge in [0.05, 0.1) is 18.1 Å². The van der Waals surface area contributed by atoms with Crippen molar-refractivity contribution in [2.75, 3.05) is 13.2 Å². The third kappa shape index (κ3) is 2.75. The zero-order valence-corrected chi connectivity index (χ0v) is 12.6. The van der Waals surface area contributed by atoms with Crippen LogP contribution in [-0.4, -0.2) is 18.3 Å². The average molecular weight is 311 g/mol. The summed E-state index contributed by atoms with van der Waals surface area (Å²) in [5.74, 6) is 0. The van der Waals surface area contributed by atoms with Crippen LogP contribution in [0.1, 0.15) is 33.3 Å². The maximum Gasteiger partial charge on any atom is 0.193 e. The smallest absolute Gasteiger partial charge is 0.193 e. The van der Waals surface area contributed by atoms with Crippen molar-refractivity contribution < 1.29 is 14.6 Å². The molecule has 1 aromatic heterocycles. The van der Waals surface area contributed by atoms with E-state index in [4.69, 9.17) is 21.1 Å². The van der Waals surface area contributed by atoms with Gasteiger partial charge in [0.2, 0.25) is 0 Å². The number of hydrogen-bond acceptors (Lipinski definition) is 4. The van der Waals surface area contributed by atoms with Gasteiger partial charge in [-0.3, -0.25) is 0 Å². The second-order valence-corrected chi connectivity index (χ2v) is 6.42. The molecule has 5 heteroatoms. The fourth-order valence-electron chi connectivity index (χ4n) is 2.29. The van der Waals surface area contributed by atoms with Crippen molar-refractivity contribution in [1.82, 2.24) is 0 Å². The second kappa shape index (κ2) is 5.84. The minimum absolute atomic E-state index is 0.293. The molecule has 2 heterocycles. The van der Waals surface area contributed by atoms with Crippen molar-refractivity contribution in [2.45, 2.75) is 19.3 Å². The fraction of sp³-hybridized carbons (Fsp3) is 0.333. The van der Waals surface area contributed by atoms with Crippen LogP contribution in [0.2, 0.25) is 5.02 Å². The summed E-state index contributed by atoms with van der Waals surface area (Å²) in [6.07, 6.45) is -0.973. The summed E-state index contributed by atoms with van der Waals surface area (Å²) in [4.78, 5) is 2.06. The number of hydrogen-bond donors (Lipinski definition) is 1. The first-order valence-corrected chi connectivity index (χ1v) is 7.61. The second-order valence-electron chi connectivity index (χ2n) is 4.69. The molecule has 0 radical (unpaired) electrons. The Bertz CT molecular complexity index is 605. The summed E-state index contributed by atoms with van der Waals surface area (Å²) in [7, 11) is 0. The molecule has 0 spiro atoms. The molecule has 1 aliphatic rings. The SMILES string of the molecule is Cc1sc(C2OCCO2)cc1C(O)c1cccc(Cl)c1. The molecule has 3 rings (SSSR count). The molecular weight excluding hydrogens is 296 g/mol. The Hall–Kier alpha value is -0.910. The van der Waals surface area contributed by atoms with Crippen LogP contribution in [0.25, 0.3) is 0 Å². The third-order valence-corrected chi connectivity index (χ3v) is 4.61. The van der Waals surface area contributed by atoms with Crippen molar-refractivity contribution in [3.8, 4) is 0 Å². The van der Waals surface area contributed by atoms with E-state index >= 15 is 0 Å². The number of aliphatic hydroxyl groups excluding tert-OH is 1. The third-order valence-electron chi connectivity index (χ3n) is 3.29. The maximum absolute atomic E-state index is 10.5. The number of halogens is 1. The monoisotopic (exact) mass is 310 g/mol. The zero-order valence-electron chi connectivity index (χ0n) is 11.0. The van der Waals surface area contributed by atoms with Gasteiger partial charge in [0.15, 0.2) is 6.29 Å². The van der Waals surface area contributed by atoms with Crippen LogP contribution in [0.4, 0.5) is 0 Å². The number of rotatable bonds is 3. The molecule has 1 N–H and O–H groups in total. The standard InChI is InChI=1S/C15H15ClO3S/c1-9-12(8-13(20-9)15-18-5-6-19-15)14(17)10-3-2-4-11(16)7-10/h2-4,7-8,14-15,17H,5-6H2,1H3. The molecule has 1 saturated heterocycles. The highest BCUT2D eigenvalue weighted by Crippen LogP contribution is 2.36. The first-order chi connectivity index (χ1) is 9.65. The molecule has 1 unspecified atom stereocenters. The highest BCUT2D eigenvalue weighted by Gasteiger charge is 2.24. The summed E-state index contributed by atoms with van der Waals surface area (Å²) in [6, 6.07) is 9.25. The molecule has 0 aliphatic carbocycles. The van der Waals surface area contributed by atoms with E-state index in [1.807, 2.05) is 25.1 Å². The predicted molar refractivity (Wildman–Crippen MR) is 79.2 cm³/mol. The van der Waals surface area contributed by atoms with Gasteiger partial charge in [0.25, 0.3) is 0 Å². The topological polar surface area (TPSA) is 38.7 Å². The largest absolute Gasteiger partial charge is 0.384 e. The summed E-state index contributed by atoms with van der Waals surface area (Å²) < 4.78 is 11.0. The van der Waals surface area contributed by atoms with E-state index in [0.717, 1.165) is 20.9 Å². The van der Waals surface area contributed by atoms with Gasteiger partial charge in [-0.2, -0.15) is 0 Å². The van der Waals surface area contributed by atoms with Gasteiger partial charge in [0, 0.05) is 9.90 Å². The van der Waals surface area contributed by atoms with Crippen LogP contribution in [0.15, 0.2) is 30.3 Å². The minimum Gasteiger partial charge on any atom is -0.384 e. The molecule has 0 bridgehead atoms. The van der Waals surface area contributed by atoms with E-state index in [1.54, 1.807) is 23.5 Å². The van der Waals surface area contributed by atoms with Crippen LogP contribution in [0.5, 0.6) is 0 Å². The highest BCUT2D eigenvalue weighted by molar-refractivity contribution is 7.12. The van der Waals surface area contributed by atoms with E-state index < -0.39 is 6.10 Å². The Morgan fingerprint density at radius 2 is 2.05 bits per heavy atom. The van der Waals surface area contributed by atoms with Crippen molar-refractivity contribution in [3.05, 3.63) is 56.2 Å².